The molecule has 1 aliphatic carbocycles. The molecule has 1 aromatic rings. The molecular weight excluding hydrogens is 188 g/mol. The molecule has 2 heteroatoms. The molecule has 0 atom stereocenters. The molecule has 0 spiro atoms. The predicted octanol–water partition coefficient (Wildman–Crippen LogP) is 2.12. The fraction of sp³-hybridized carbons (Fsp3) is 0.538. The lowest BCUT2D eigenvalue weighted by atomic mass is 9.78. The summed E-state index contributed by atoms with van der Waals surface area (Å²) in [4.78, 5) is 0. The zero-order chi connectivity index (χ0) is 10.9. The second-order valence-corrected chi connectivity index (χ2v) is 4.63. The minimum Gasteiger partial charge on any atom is -0.393 e. The third kappa shape index (κ3) is 2.21. The van der Waals surface area contributed by atoms with Crippen molar-refractivity contribution in [1.29, 1.82) is 0 Å². The normalized spacial score (nSPS) is 31.5. The number of benzene rings is 1. The van der Waals surface area contributed by atoms with Crippen molar-refractivity contribution in [2.75, 3.05) is 0 Å². The van der Waals surface area contributed by atoms with Gasteiger partial charge in [0.1, 0.15) is 0 Å². The van der Waals surface area contributed by atoms with Gasteiger partial charge in [-0.3, -0.25) is 0 Å². The van der Waals surface area contributed by atoms with Crippen LogP contribution in [0.1, 0.15) is 36.8 Å². The van der Waals surface area contributed by atoms with Crippen molar-refractivity contribution in [3.05, 3.63) is 35.4 Å². The highest BCUT2D eigenvalue weighted by Gasteiger charge is 2.33. The van der Waals surface area contributed by atoms with Crippen molar-refractivity contribution in [1.82, 2.24) is 0 Å². The third-order valence-electron chi connectivity index (χ3n) is 3.34. The molecule has 0 saturated heterocycles. The van der Waals surface area contributed by atoms with Crippen LogP contribution in [0, 0.1) is 6.92 Å². The summed E-state index contributed by atoms with van der Waals surface area (Å²) in [6, 6.07) is 8.03. The Labute approximate surface area is 90.6 Å². The fourth-order valence-corrected chi connectivity index (χ4v) is 2.30. The van der Waals surface area contributed by atoms with Crippen LogP contribution in [-0.4, -0.2) is 16.3 Å². The summed E-state index contributed by atoms with van der Waals surface area (Å²) in [5.74, 6) is 0. The molecule has 1 aliphatic rings. The molecular formula is C13H18O2. The zero-order valence-corrected chi connectivity index (χ0v) is 9.11. The molecule has 82 valence electrons. The van der Waals surface area contributed by atoms with Crippen molar-refractivity contribution in [3.63, 3.8) is 0 Å². The summed E-state index contributed by atoms with van der Waals surface area (Å²) < 4.78 is 0. The maximum Gasteiger partial charge on any atom is 0.0898 e. The SMILES string of the molecule is Cc1cccc(C2(O)CCC(O)CC2)c1. The van der Waals surface area contributed by atoms with E-state index in [2.05, 4.69) is 0 Å². The van der Waals surface area contributed by atoms with Gasteiger partial charge in [0.2, 0.25) is 0 Å². The van der Waals surface area contributed by atoms with Crippen LogP contribution in [0.3, 0.4) is 0 Å². The molecule has 0 amide bonds. The van der Waals surface area contributed by atoms with Gasteiger partial charge < -0.3 is 10.2 Å². The molecule has 2 N–H and O–H groups in total. The third-order valence-corrected chi connectivity index (χ3v) is 3.34. The number of rotatable bonds is 1. The standard InChI is InChI=1S/C13H18O2/c1-10-3-2-4-11(9-10)13(15)7-5-12(14)6-8-13/h2-4,9,12,14-15H,5-8H2,1H3. The average molecular weight is 206 g/mol. The summed E-state index contributed by atoms with van der Waals surface area (Å²) >= 11 is 0. The van der Waals surface area contributed by atoms with E-state index < -0.39 is 5.60 Å². The molecule has 0 aromatic heterocycles. The monoisotopic (exact) mass is 206 g/mol. The number of aliphatic hydroxyl groups excluding tert-OH is 1. The van der Waals surface area contributed by atoms with E-state index in [1.165, 1.54) is 5.56 Å². The van der Waals surface area contributed by atoms with Gasteiger partial charge >= 0.3 is 0 Å². The van der Waals surface area contributed by atoms with Crippen molar-refractivity contribution < 1.29 is 10.2 Å². The minimum absolute atomic E-state index is 0.227. The first-order valence-electron chi connectivity index (χ1n) is 5.58. The van der Waals surface area contributed by atoms with Crippen LogP contribution in [0.15, 0.2) is 24.3 Å². The van der Waals surface area contributed by atoms with Crippen LogP contribution in [0.25, 0.3) is 0 Å². The maximum absolute atomic E-state index is 10.5. The van der Waals surface area contributed by atoms with E-state index in [-0.39, 0.29) is 6.10 Å². The van der Waals surface area contributed by atoms with Crippen LogP contribution in [0.5, 0.6) is 0 Å². The van der Waals surface area contributed by atoms with E-state index in [9.17, 15) is 10.2 Å². The quantitative estimate of drug-likeness (QED) is 0.739. The van der Waals surface area contributed by atoms with Gasteiger partial charge in [0.25, 0.3) is 0 Å². The van der Waals surface area contributed by atoms with E-state index in [1.807, 2.05) is 31.2 Å². The lowest BCUT2D eigenvalue weighted by molar-refractivity contribution is -0.0361. The Morgan fingerprint density at radius 2 is 1.93 bits per heavy atom. The van der Waals surface area contributed by atoms with Gasteiger partial charge in [-0.25, -0.2) is 0 Å². The van der Waals surface area contributed by atoms with Crippen LogP contribution < -0.4 is 0 Å². The summed E-state index contributed by atoms with van der Waals surface area (Å²) in [5, 5.41) is 19.9. The summed E-state index contributed by atoms with van der Waals surface area (Å²) in [6.07, 6.45) is 2.50. The molecule has 0 bridgehead atoms. The molecule has 0 heterocycles. The Balaban J connectivity index is 2.22. The molecule has 1 saturated carbocycles. The highest BCUT2D eigenvalue weighted by molar-refractivity contribution is 5.27. The maximum atomic E-state index is 10.5. The average Bonchev–Trinajstić information content (AvgIpc) is 2.23. The Morgan fingerprint density at radius 1 is 1.27 bits per heavy atom. The van der Waals surface area contributed by atoms with Gasteiger partial charge in [-0.2, -0.15) is 0 Å². The molecule has 0 aliphatic heterocycles. The number of aryl methyl sites for hydroxylation is 1. The van der Waals surface area contributed by atoms with Crippen molar-refractivity contribution in [2.24, 2.45) is 0 Å². The highest BCUT2D eigenvalue weighted by Crippen LogP contribution is 2.37. The highest BCUT2D eigenvalue weighted by atomic mass is 16.3. The van der Waals surface area contributed by atoms with Crippen molar-refractivity contribution in [3.8, 4) is 0 Å². The molecule has 0 unspecified atom stereocenters. The summed E-state index contributed by atoms with van der Waals surface area (Å²) in [6.45, 7) is 2.03. The van der Waals surface area contributed by atoms with Gasteiger partial charge in [0.15, 0.2) is 0 Å². The van der Waals surface area contributed by atoms with Gasteiger partial charge in [0.05, 0.1) is 11.7 Å². The lowest BCUT2D eigenvalue weighted by Gasteiger charge is -2.34. The Morgan fingerprint density at radius 3 is 2.53 bits per heavy atom. The predicted molar refractivity (Wildman–Crippen MR) is 59.6 cm³/mol. The first-order chi connectivity index (χ1) is 7.10. The van der Waals surface area contributed by atoms with E-state index in [4.69, 9.17) is 0 Å². The number of hydrogen-bond donors (Lipinski definition) is 2. The van der Waals surface area contributed by atoms with Crippen LogP contribution >= 0.6 is 0 Å². The minimum atomic E-state index is -0.717. The summed E-state index contributed by atoms with van der Waals surface area (Å²) in [7, 11) is 0. The van der Waals surface area contributed by atoms with E-state index in [1.54, 1.807) is 0 Å². The van der Waals surface area contributed by atoms with E-state index in [0.717, 1.165) is 5.56 Å². The summed E-state index contributed by atoms with van der Waals surface area (Å²) in [5.41, 5.74) is 1.45. The first kappa shape index (κ1) is 10.7. The van der Waals surface area contributed by atoms with Crippen molar-refractivity contribution >= 4 is 0 Å². The largest absolute Gasteiger partial charge is 0.393 e. The zero-order valence-electron chi connectivity index (χ0n) is 9.11. The molecule has 0 radical (unpaired) electrons. The Bertz CT molecular complexity index is 338. The van der Waals surface area contributed by atoms with Gasteiger partial charge in [-0.1, -0.05) is 29.8 Å². The first-order valence-corrected chi connectivity index (χ1v) is 5.58. The molecule has 1 fully saturated rings. The van der Waals surface area contributed by atoms with E-state index >= 15 is 0 Å². The molecule has 1 aromatic carbocycles. The topological polar surface area (TPSA) is 40.5 Å². The number of aliphatic hydroxyl groups is 2. The van der Waals surface area contributed by atoms with Gasteiger partial charge in [-0.15, -0.1) is 0 Å². The smallest absolute Gasteiger partial charge is 0.0898 e. The van der Waals surface area contributed by atoms with Crippen LogP contribution in [0.2, 0.25) is 0 Å². The van der Waals surface area contributed by atoms with Crippen LogP contribution in [0.4, 0.5) is 0 Å². The lowest BCUT2D eigenvalue weighted by Crippen LogP contribution is -2.33. The van der Waals surface area contributed by atoms with Gasteiger partial charge in [0, 0.05) is 0 Å². The Kier molecular flexibility index (Phi) is 2.81. The fourth-order valence-electron chi connectivity index (χ4n) is 2.30. The molecule has 15 heavy (non-hydrogen) atoms. The van der Waals surface area contributed by atoms with Gasteiger partial charge in [-0.05, 0) is 38.2 Å². The Hall–Kier alpha value is -0.860. The second-order valence-electron chi connectivity index (χ2n) is 4.63. The van der Waals surface area contributed by atoms with Crippen LogP contribution in [-0.2, 0) is 5.60 Å². The van der Waals surface area contributed by atoms with Crippen molar-refractivity contribution in [2.45, 2.75) is 44.3 Å². The number of hydrogen-bond acceptors (Lipinski definition) is 2. The molecule has 2 rings (SSSR count). The second kappa shape index (κ2) is 3.95. The van der Waals surface area contributed by atoms with E-state index in [0.29, 0.717) is 25.7 Å². The molecule has 2 nitrogen and oxygen atoms in total.